The molecular formula is C16H25NO3. The van der Waals surface area contributed by atoms with Gasteiger partial charge in [0.2, 0.25) is 0 Å². The van der Waals surface area contributed by atoms with E-state index in [4.69, 9.17) is 9.47 Å². The molecule has 112 valence electrons. The predicted octanol–water partition coefficient (Wildman–Crippen LogP) is 3.40. The second kappa shape index (κ2) is 7.17. The second-order valence-corrected chi connectivity index (χ2v) is 5.77. The standard InChI is InChI=1S/C16H25NO3/c1-6-7-10-20-13-9-8-12(11-14(13)19-5)15(18)17-16(2,3)4/h8-9,11H,6-7,10H2,1-5H3,(H,17,18). The van der Waals surface area contributed by atoms with Crippen LogP contribution in [0.25, 0.3) is 0 Å². The highest BCUT2D eigenvalue weighted by Crippen LogP contribution is 2.28. The minimum atomic E-state index is -0.263. The van der Waals surface area contributed by atoms with Crippen LogP contribution >= 0.6 is 0 Å². The van der Waals surface area contributed by atoms with E-state index in [1.165, 1.54) is 0 Å². The van der Waals surface area contributed by atoms with E-state index in [0.717, 1.165) is 12.8 Å². The van der Waals surface area contributed by atoms with Gasteiger partial charge in [-0.15, -0.1) is 0 Å². The molecule has 1 aromatic rings. The van der Waals surface area contributed by atoms with E-state index >= 15 is 0 Å². The Hall–Kier alpha value is -1.71. The molecule has 1 amide bonds. The minimum Gasteiger partial charge on any atom is -0.493 e. The molecule has 0 saturated heterocycles. The first kappa shape index (κ1) is 16.3. The summed E-state index contributed by atoms with van der Waals surface area (Å²) in [5.74, 6) is 1.15. The van der Waals surface area contributed by atoms with E-state index in [1.807, 2.05) is 20.8 Å². The Morgan fingerprint density at radius 3 is 2.50 bits per heavy atom. The molecule has 4 heteroatoms. The van der Waals surface area contributed by atoms with Crippen molar-refractivity contribution in [1.82, 2.24) is 5.32 Å². The average molecular weight is 279 g/mol. The maximum atomic E-state index is 12.1. The molecule has 1 N–H and O–H groups in total. The largest absolute Gasteiger partial charge is 0.493 e. The molecule has 1 rings (SSSR count). The van der Waals surface area contributed by atoms with Crippen LogP contribution in [0.3, 0.4) is 0 Å². The van der Waals surface area contributed by atoms with Crippen molar-refractivity contribution in [3.8, 4) is 11.5 Å². The second-order valence-electron chi connectivity index (χ2n) is 5.77. The quantitative estimate of drug-likeness (QED) is 0.812. The number of rotatable bonds is 6. The van der Waals surface area contributed by atoms with Gasteiger partial charge < -0.3 is 14.8 Å². The van der Waals surface area contributed by atoms with Crippen LogP contribution in [-0.4, -0.2) is 25.2 Å². The molecule has 0 unspecified atom stereocenters. The summed E-state index contributed by atoms with van der Waals surface area (Å²) in [5.41, 5.74) is 0.306. The van der Waals surface area contributed by atoms with E-state index in [-0.39, 0.29) is 11.4 Å². The van der Waals surface area contributed by atoms with Crippen LogP contribution in [0.5, 0.6) is 11.5 Å². The van der Waals surface area contributed by atoms with Crippen molar-refractivity contribution in [2.24, 2.45) is 0 Å². The number of unbranched alkanes of at least 4 members (excludes halogenated alkanes) is 1. The summed E-state index contributed by atoms with van der Waals surface area (Å²) in [6, 6.07) is 5.25. The Morgan fingerprint density at radius 2 is 1.95 bits per heavy atom. The number of carbonyl (C=O) groups excluding carboxylic acids is 1. The van der Waals surface area contributed by atoms with Crippen LogP contribution in [0.1, 0.15) is 50.9 Å². The van der Waals surface area contributed by atoms with E-state index in [1.54, 1.807) is 25.3 Å². The lowest BCUT2D eigenvalue weighted by molar-refractivity contribution is 0.0919. The summed E-state index contributed by atoms with van der Waals surface area (Å²) in [7, 11) is 1.58. The van der Waals surface area contributed by atoms with E-state index < -0.39 is 0 Å². The number of nitrogens with one attached hydrogen (secondary N) is 1. The normalized spacial score (nSPS) is 11.1. The van der Waals surface area contributed by atoms with Gasteiger partial charge in [-0.25, -0.2) is 0 Å². The maximum absolute atomic E-state index is 12.1. The number of ether oxygens (including phenoxy) is 2. The van der Waals surface area contributed by atoms with Crippen LogP contribution in [0.4, 0.5) is 0 Å². The third-order valence-corrected chi connectivity index (χ3v) is 2.67. The molecule has 0 fully saturated rings. The number of amides is 1. The fourth-order valence-corrected chi connectivity index (χ4v) is 1.67. The van der Waals surface area contributed by atoms with Crippen LogP contribution in [-0.2, 0) is 0 Å². The van der Waals surface area contributed by atoms with Gasteiger partial charge in [0.25, 0.3) is 5.91 Å². The average Bonchev–Trinajstić information content (AvgIpc) is 2.37. The number of benzene rings is 1. The van der Waals surface area contributed by atoms with Crippen molar-refractivity contribution < 1.29 is 14.3 Å². The van der Waals surface area contributed by atoms with Gasteiger partial charge in [-0.1, -0.05) is 13.3 Å². The highest BCUT2D eigenvalue weighted by molar-refractivity contribution is 5.95. The van der Waals surface area contributed by atoms with Gasteiger partial charge in [0.05, 0.1) is 13.7 Å². The zero-order valence-electron chi connectivity index (χ0n) is 13.1. The Kier molecular flexibility index (Phi) is 5.86. The highest BCUT2D eigenvalue weighted by Gasteiger charge is 2.17. The molecule has 0 aliphatic rings. The van der Waals surface area contributed by atoms with Crippen LogP contribution in [0, 0.1) is 0 Å². The van der Waals surface area contributed by atoms with E-state index in [2.05, 4.69) is 12.2 Å². The number of methoxy groups -OCH3 is 1. The monoisotopic (exact) mass is 279 g/mol. The van der Waals surface area contributed by atoms with Gasteiger partial charge >= 0.3 is 0 Å². The maximum Gasteiger partial charge on any atom is 0.251 e. The first-order chi connectivity index (χ1) is 9.37. The van der Waals surface area contributed by atoms with E-state index in [9.17, 15) is 4.79 Å². The van der Waals surface area contributed by atoms with Crippen LogP contribution in [0.2, 0.25) is 0 Å². The van der Waals surface area contributed by atoms with Crippen LogP contribution < -0.4 is 14.8 Å². The van der Waals surface area contributed by atoms with Gasteiger partial charge in [0.1, 0.15) is 0 Å². The van der Waals surface area contributed by atoms with Crippen molar-refractivity contribution >= 4 is 5.91 Å². The van der Waals surface area contributed by atoms with Gasteiger partial charge in [-0.3, -0.25) is 4.79 Å². The van der Waals surface area contributed by atoms with Crippen molar-refractivity contribution in [1.29, 1.82) is 0 Å². The Balaban J connectivity index is 2.83. The summed E-state index contributed by atoms with van der Waals surface area (Å²) < 4.78 is 10.9. The molecule has 0 aliphatic carbocycles. The Labute approximate surface area is 121 Å². The molecule has 0 saturated carbocycles. The van der Waals surface area contributed by atoms with Gasteiger partial charge in [-0.2, -0.15) is 0 Å². The summed E-state index contributed by atoms with van der Waals surface area (Å²) in [4.78, 5) is 12.1. The molecule has 1 aromatic carbocycles. The van der Waals surface area contributed by atoms with Crippen LogP contribution in [0.15, 0.2) is 18.2 Å². The molecule has 0 spiro atoms. The fourth-order valence-electron chi connectivity index (χ4n) is 1.67. The van der Waals surface area contributed by atoms with E-state index in [0.29, 0.717) is 23.7 Å². The predicted molar refractivity (Wildman–Crippen MR) is 80.6 cm³/mol. The summed E-state index contributed by atoms with van der Waals surface area (Å²) in [5, 5.41) is 2.92. The zero-order valence-corrected chi connectivity index (χ0v) is 13.1. The number of hydrogen-bond acceptors (Lipinski definition) is 3. The summed E-state index contributed by atoms with van der Waals surface area (Å²) in [6.45, 7) is 8.61. The lowest BCUT2D eigenvalue weighted by atomic mass is 10.1. The molecule has 0 radical (unpaired) electrons. The first-order valence-electron chi connectivity index (χ1n) is 7.00. The topological polar surface area (TPSA) is 47.6 Å². The third kappa shape index (κ3) is 5.11. The Morgan fingerprint density at radius 1 is 1.25 bits per heavy atom. The first-order valence-corrected chi connectivity index (χ1v) is 7.00. The number of hydrogen-bond donors (Lipinski definition) is 1. The van der Waals surface area contributed by atoms with Crippen molar-refractivity contribution in [2.75, 3.05) is 13.7 Å². The fraction of sp³-hybridized carbons (Fsp3) is 0.562. The molecule has 0 aliphatic heterocycles. The number of carbonyl (C=O) groups is 1. The SMILES string of the molecule is CCCCOc1ccc(C(=O)NC(C)(C)C)cc1OC. The molecule has 0 heterocycles. The molecule has 4 nitrogen and oxygen atoms in total. The minimum absolute atomic E-state index is 0.115. The molecule has 20 heavy (non-hydrogen) atoms. The van der Waals surface area contributed by atoms with Crippen molar-refractivity contribution in [3.63, 3.8) is 0 Å². The lowest BCUT2D eigenvalue weighted by Gasteiger charge is -2.21. The molecule has 0 atom stereocenters. The zero-order chi connectivity index (χ0) is 15.2. The molecule has 0 aromatic heterocycles. The third-order valence-electron chi connectivity index (χ3n) is 2.67. The highest BCUT2D eigenvalue weighted by atomic mass is 16.5. The smallest absolute Gasteiger partial charge is 0.251 e. The van der Waals surface area contributed by atoms with Gasteiger partial charge in [0.15, 0.2) is 11.5 Å². The summed E-state index contributed by atoms with van der Waals surface area (Å²) in [6.07, 6.45) is 2.07. The molecular weight excluding hydrogens is 254 g/mol. The Bertz CT molecular complexity index is 450. The summed E-state index contributed by atoms with van der Waals surface area (Å²) >= 11 is 0. The lowest BCUT2D eigenvalue weighted by Crippen LogP contribution is -2.40. The molecule has 0 bridgehead atoms. The van der Waals surface area contributed by atoms with Gasteiger partial charge in [0, 0.05) is 11.1 Å². The van der Waals surface area contributed by atoms with Gasteiger partial charge in [-0.05, 0) is 45.4 Å². The van der Waals surface area contributed by atoms with Crippen molar-refractivity contribution in [2.45, 2.75) is 46.1 Å². The van der Waals surface area contributed by atoms with Crippen molar-refractivity contribution in [3.05, 3.63) is 23.8 Å².